The average molecular weight is 357 g/mol. The van der Waals surface area contributed by atoms with Gasteiger partial charge in [-0.3, -0.25) is 9.69 Å². The number of nitrogens with one attached hydrogen (secondary N) is 1. The number of carbonyl (C=O) groups is 1. The topological polar surface area (TPSA) is 48.5 Å². The minimum Gasteiger partial charge on any atom is -0.370 e. The minimum absolute atomic E-state index is 0.136. The number of pyridine rings is 1. The number of hydrogen-bond acceptors (Lipinski definition) is 4. The highest BCUT2D eigenvalue weighted by Gasteiger charge is 2.26. The van der Waals surface area contributed by atoms with Gasteiger partial charge in [0.1, 0.15) is 5.82 Å². The highest BCUT2D eigenvalue weighted by molar-refractivity contribution is 5.94. The smallest absolute Gasteiger partial charge is 0.255 e. The molecule has 1 amide bonds. The Balaban J connectivity index is 1.30. The van der Waals surface area contributed by atoms with Crippen LogP contribution in [-0.4, -0.2) is 59.5 Å². The molecule has 3 aliphatic rings. The number of hydrogen-bond donors (Lipinski definition) is 1. The van der Waals surface area contributed by atoms with Gasteiger partial charge in [-0.05, 0) is 50.2 Å². The number of anilines is 1. The zero-order chi connectivity index (χ0) is 17.8. The van der Waals surface area contributed by atoms with E-state index in [1.54, 1.807) is 6.20 Å². The minimum atomic E-state index is 0.136. The Kier molecular flexibility index (Phi) is 5.73. The number of rotatable bonds is 5. The van der Waals surface area contributed by atoms with Crippen LogP contribution in [0.5, 0.6) is 0 Å². The third kappa shape index (κ3) is 4.56. The van der Waals surface area contributed by atoms with Crippen molar-refractivity contribution in [3.05, 3.63) is 23.9 Å². The second-order valence-electron chi connectivity index (χ2n) is 8.23. The lowest BCUT2D eigenvalue weighted by atomic mass is 9.94. The van der Waals surface area contributed by atoms with Gasteiger partial charge < -0.3 is 10.2 Å². The standard InChI is InChI=1S/C21H32N4O/c26-21(18-9-10-20(23-16-18)22-15-17-7-8-17)25-12-4-11-24(13-14-25)19-5-2-1-3-6-19/h9-10,16-17,19H,1-8,11-15H2,(H,22,23). The third-order valence-corrected chi connectivity index (χ3v) is 6.19. The first-order valence-electron chi connectivity index (χ1n) is 10.5. The van der Waals surface area contributed by atoms with Gasteiger partial charge in [0.15, 0.2) is 0 Å². The third-order valence-electron chi connectivity index (χ3n) is 6.19. The molecule has 1 saturated heterocycles. The van der Waals surface area contributed by atoms with E-state index < -0.39 is 0 Å². The van der Waals surface area contributed by atoms with E-state index in [0.717, 1.165) is 56.9 Å². The molecular weight excluding hydrogens is 324 g/mol. The summed E-state index contributed by atoms with van der Waals surface area (Å²) >= 11 is 0. The molecule has 1 aromatic heterocycles. The van der Waals surface area contributed by atoms with Crippen molar-refractivity contribution < 1.29 is 4.79 Å². The Morgan fingerprint density at radius 1 is 1.00 bits per heavy atom. The Morgan fingerprint density at radius 3 is 2.58 bits per heavy atom. The van der Waals surface area contributed by atoms with Crippen LogP contribution in [0.4, 0.5) is 5.82 Å². The van der Waals surface area contributed by atoms with Crippen molar-refractivity contribution in [2.75, 3.05) is 38.0 Å². The van der Waals surface area contributed by atoms with Crippen LogP contribution in [0.3, 0.4) is 0 Å². The molecule has 0 atom stereocenters. The summed E-state index contributed by atoms with van der Waals surface area (Å²) in [5.41, 5.74) is 0.716. The van der Waals surface area contributed by atoms with E-state index in [0.29, 0.717) is 5.56 Å². The van der Waals surface area contributed by atoms with E-state index in [1.165, 1.54) is 44.9 Å². The molecule has 0 radical (unpaired) electrons. The first-order chi connectivity index (χ1) is 12.8. The summed E-state index contributed by atoms with van der Waals surface area (Å²) in [6.07, 6.45) is 12.3. The molecule has 1 aromatic rings. The molecule has 3 fully saturated rings. The van der Waals surface area contributed by atoms with Crippen molar-refractivity contribution in [1.82, 2.24) is 14.8 Å². The Labute approximate surface area is 157 Å². The Hall–Kier alpha value is -1.62. The van der Waals surface area contributed by atoms with Gasteiger partial charge >= 0.3 is 0 Å². The van der Waals surface area contributed by atoms with E-state index in [1.807, 2.05) is 17.0 Å². The highest BCUT2D eigenvalue weighted by atomic mass is 16.2. The first kappa shape index (κ1) is 17.8. The summed E-state index contributed by atoms with van der Waals surface area (Å²) in [5.74, 6) is 1.84. The fourth-order valence-electron chi connectivity index (χ4n) is 4.33. The fourth-order valence-corrected chi connectivity index (χ4v) is 4.33. The second kappa shape index (κ2) is 8.38. The van der Waals surface area contributed by atoms with E-state index >= 15 is 0 Å². The predicted molar refractivity (Wildman–Crippen MR) is 104 cm³/mol. The van der Waals surface area contributed by atoms with Crippen molar-refractivity contribution in [3.63, 3.8) is 0 Å². The summed E-state index contributed by atoms with van der Waals surface area (Å²) in [4.78, 5) is 22.0. The number of nitrogens with zero attached hydrogens (tertiary/aromatic N) is 3. The van der Waals surface area contributed by atoms with Gasteiger partial charge in [-0.25, -0.2) is 4.98 Å². The number of amides is 1. The molecule has 0 bridgehead atoms. The quantitative estimate of drug-likeness (QED) is 0.879. The van der Waals surface area contributed by atoms with E-state index in [9.17, 15) is 4.79 Å². The molecule has 0 aromatic carbocycles. The van der Waals surface area contributed by atoms with Crippen LogP contribution in [0.25, 0.3) is 0 Å². The zero-order valence-electron chi connectivity index (χ0n) is 15.8. The monoisotopic (exact) mass is 356 g/mol. The van der Waals surface area contributed by atoms with E-state index in [-0.39, 0.29) is 5.91 Å². The number of carbonyl (C=O) groups excluding carboxylic acids is 1. The van der Waals surface area contributed by atoms with E-state index in [2.05, 4.69) is 15.2 Å². The van der Waals surface area contributed by atoms with Crippen molar-refractivity contribution >= 4 is 11.7 Å². The maximum atomic E-state index is 12.9. The summed E-state index contributed by atoms with van der Waals surface area (Å²) in [6, 6.07) is 4.62. The lowest BCUT2D eigenvalue weighted by molar-refractivity contribution is 0.0754. The fraction of sp³-hybridized carbons (Fsp3) is 0.714. The van der Waals surface area contributed by atoms with Crippen molar-refractivity contribution in [1.29, 1.82) is 0 Å². The van der Waals surface area contributed by atoms with Crippen LogP contribution < -0.4 is 5.32 Å². The molecule has 5 heteroatoms. The van der Waals surface area contributed by atoms with Gasteiger partial charge in [-0.2, -0.15) is 0 Å². The van der Waals surface area contributed by atoms with Crippen LogP contribution >= 0.6 is 0 Å². The molecule has 5 nitrogen and oxygen atoms in total. The van der Waals surface area contributed by atoms with Crippen molar-refractivity contribution in [2.45, 2.75) is 57.4 Å². The summed E-state index contributed by atoms with van der Waals surface area (Å²) in [6.45, 7) is 4.87. The van der Waals surface area contributed by atoms with Gasteiger partial charge in [0.05, 0.1) is 5.56 Å². The first-order valence-corrected chi connectivity index (χ1v) is 10.5. The largest absolute Gasteiger partial charge is 0.370 e. The van der Waals surface area contributed by atoms with Gasteiger partial charge in [0, 0.05) is 45.0 Å². The second-order valence-corrected chi connectivity index (χ2v) is 8.23. The van der Waals surface area contributed by atoms with Crippen molar-refractivity contribution in [2.24, 2.45) is 5.92 Å². The van der Waals surface area contributed by atoms with Crippen LogP contribution in [0.2, 0.25) is 0 Å². The maximum absolute atomic E-state index is 12.9. The molecule has 0 unspecified atom stereocenters. The van der Waals surface area contributed by atoms with Crippen molar-refractivity contribution in [3.8, 4) is 0 Å². The normalized spacial score (nSPS) is 22.8. The predicted octanol–water partition coefficient (Wildman–Crippen LogP) is 3.38. The van der Waals surface area contributed by atoms with Crippen LogP contribution in [0.1, 0.15) is 61.7 Å². The molecule has 142 valence electrons. The Morgan fingerprint density at radius 2 is 1.85 bits per heavy atom. The molecule has 2 heterocycles. The van der Waals surface area contributed by atoms with Crippen LogP contribution in [-0.2, 0) is 0 Å². The number of aromatic nitrogens is 1. The molecule has 1 aliphatic heterocycles. The molecule has 26 heavy (non-hydrogen) atoms. The molecule has 1 N–H and O–H groups in total. The summed E-state index contributed by atoms with van der Waals surface area (Å²) < 4.78 is 0. The van der Waals surface area contributed by atoms with Gasteiger partial charge in [0.25, 0.3) is 5.91 Å². The Bertz CT molecular complexity index is 593. The molecule has 0 spiro atoms. The molecule has 2 aliphatic carbocycles. The van der Waals surface area contributed by atoms with E-state index in [4.69, 9.17) is 0 Å². The zero-order valence-corrected chi connectivity index (χ0v) is 15.8. The van der Waals surface area contributed by atoms with Gasteiger partial charge in [0.2, 0.25) is 0 Å². The van der Waals surface area contributed by atoms with Gasteiger partial charge in [-0.1, -0.05) is 19.3 Å². The SMILES string of the molecule is O=C(c1ccc(NCC2CC2)nc1)N1CCCN(C2CCCCC2)CC1. The molecular formula is C21H32N4O. The highest BCUT2D eigenvalue weighted by Crippen LogP contribution is 2.28. The molecule has 4 rings (SSSR count). The summed E-state index contributed by atoms with van der Waals surface area (Å²) in [7, 11) is 0. The maximum Gasteiger partial charge on any atom is 0.255 e. The lowest BCUT2D eigenvalue weighted by Crippen LogP contribution is -2.40. The van der Waals surface area contributed by atoms with Crippen LogP contribution in [0, 0.1) is 5.92 Å². The average Bonchev–Trinajstić information content (AvgIpc) is 3.53. The summed E-state index contributed by atoms with van der Waals surface area (Å²) in [5, 5.41) is 3.36. The molecule has 2 saturated carbocycles. The lowest BCUT2D eigenvalue weighted by Gasteiger charge is -2.33. The van der Waals surface area contributed by atoms with Crippen LogP contribution in [0.15, 0.2) is 18.3 Å². The van der Waals surface area contributed by atoms with Gasteiger partial charge in [-0.15, -0.1) is 0 Å².